The van der Waals surface area contributed by atoms with Crippen LogP contribution in [-0.2, 0) is 28.7 Å². The molecule has 1 aliphatic heterocycles. The van der Waals surface area contributed by atoms with Gasteiger partial charge in [0.25, 0.3) is 0 Å². The first-order chi connectivity index (χ1) is 13.7. The number of rotatable bonds is 3. The first-order valence-electron chi connectivity index (χ1n) is 10.4. The van der Waals surface area contributed by atoms with Crippen LogP contribution in [0.25, 0.3) is 0 Å². The van der Waals surface area contributed by atoms with Gasteiger partial charge in [-0.2, -0.15) is 0 Å². The molecule has 3 fully saturated rings. The Hall–Kier alpha value is -2.24. The van der Waals surface area contributed by atoms with Crippen molar-refractivity contribution in [3.63, 3.8) is 0 Å². The molecule has 6 atom stereocenters. The molecule has 0 unspecified atom stereocenters. The smallest absolute Gasteiger partial charge is 0.324 e. The van der Waals surface area contributed by atoms with Crippen LogP contribution in [0.3, 0.4) is 0 Å². The van der Waals surface area contributed by atoms with E-state index in [9.17, 15) is 19.2 Å². The minimum atomic E-state index is -1.61. The average Bonchev–Trinajstić information content (AvgIpc) is 2.80. The fourth-order valence-electron chi connectivity index (χ4n) is 6.50. The number of Topliss-reactive ketones (excluding diaryl/α,β-unsaturated/α-hetero) is 1. The van der Waals surface area contributed by atoms with Gasteiger partial charge in [-0.1, -0.05) is 39.5 Å². The molecule has 6 heteroatoms. The van der Waals surface area contributed by atoms with Gasteiger partial charge in [-0.3, -0.25) is 14.4 Å². The quantitative estimate of drug-likeness (QED) is 0.238. The molecule has 0 aromatic carbocycles. The molecule has 156 valence electrons. The van der Waals surface area contributed by atoms with E-state index in [1.54, 1.807) is 6.92 Å². The Morgan fingerprint density at radius 2 is 2.07 bits per heavy atom. The Morgan fingerprint density at radius 3 is 2.72 bits per heavy atom. The van der Waals surface area contributed by atoms with Crippen LogP contribution in [0, 0.1) is 34.0 Å². The average molecular weight is 400 g/mol. The first-order valence-corrected chi connectivity index (χ1v) is 10.4. The molecular weight excluding hydrogens is 372 g/mol. The summed E-state index contributed by atoms with van der Waals surface area (Å²) < 4.78 is 11.4. The van der Waals surface area contributed by atoms with E-state index in [2.05, 4.69) is 6.58 Å². The molecule has 0 amide bonds. The second-order valence-electron chi connectivity index (χ2n) is 9.62. The van der Waals surface area contributed by atoms with Crippen LogP contribution in [0.1, 0.15) is 46.5 Å². The van der Waals surface area contributed by atoms with E-state index >= 15 is 0 Å². The lowest BCUT2D eigenvalue weighted by Crippen LogP contribution is -2.66. The van der Waals surface area contributed by atoms with E-state index in [1.165, 1.54) is 0 Å². The lowest BCUT2D eigenvalue weighted by atomic mass is 9.46. The number of cyclic esters (lactones) is 1. The van der Waals surface area contributed by atoms with E-state index in [4.69, 9.17) is 9.47 Å². The molecule has 3 aliphatic carbocycles. The van der Waals surface area contributed by atoms with Crippen LogP contribution >= 0.6 is 0 Å². The molecule has 0 radical (unpaired) electrons. The van der Waals surface area contributed by atoms with E-state index in [1.807, 2.05) is 26.0 Å². The Balaban J connectivity index is 1.92. The number of carbonyl (C=O) groups excluding carboxylic acids is 4. The monoisotopic (exact) mass is 400 g/mol. The van der Waals surface area contributed by atoms with Crippen LogP contribution in [0.15, 0.2) is 24.3 Å². The van der Waals surface area contributed by atoms with E-state index in [0.29, 0.717) is 18.4 Å². The second-order valence-corrected chi connectivity index (χ2v) is 9.62. The Morgan fingerprint density at radius 1 is 1.34 bits per heavy atom. The summed E-state index contributed by atoms with van der Waals surface area (Å²) in [6.07, 6.45) is 6.08. The SMILES string of the molecule is C=C1C(=O)[C@@]23C(=O)OC[C@]4(C=CCC(C)(C)[C@H]4C=O)[C@@H]2CC[C@@H]1[C@H]3OC(=O)CC. The van der Waals surface area contributed by atoms with Crippen molar-refractivity contribution < 1.29 is 28.7 Å². The van der Waals surface area contributed by atoms with Crippen molar-refractivity contribution in [2.24, 2.45) is 34.0 Å². The third-order valence-electron chi connectivity index (χ3n) is 7.86. The summed E-state index contributed by atoms with van der Waals surface area (Å²) in [5, 5.41) is 0. The molecule has 4 aliphatic rings. The van der Waals surface area contributed by atoms with Crippen LogP contribution in [0.2, 0.25) is 0 Å². The minimum Gasteiger partial charge on any atom is -0.464 e. The number of carbonyl (C=O) groups is 4. The van der Waals surface area contributed by atoms with Crippen molar-refractivity contribution in [2.45, 2.75) is 52.6 Å². The standard InChI is InChI=1S/C23H28O6/c1-5-17(25)29-19-14-7-8-15-22(10-6-9-21(3,4)16(22)11-24)12-28-20(27)23(15,19)18(26)13(14)2/h6,10-11,14-16,19H,2,5,7-9,12H2,1,3-4H3/t14-,15-,16+,19+,22+,23-/m0/s1. The molecule has 1 saturated heterocycles. The summed E-state index contributed by atoms with van der Waals surface area (Å²) in [5.74, 6) is -2.76. The maximum Gasteiger partial charge on any atom is 0.324 e. The minimum absolute atomic E-state index is 0.0560. The zero-order valence-corrected chi connectivity index (χ0v) is 17.2. The lowest BCUT2D eigenvalue weighted by Gasteiger charge is -2.58. The van der Waals surface area contributed by atoms with Gasteiger partial charge in [0.1, 0.15) is 19.0 Å². The summed E-state index contributed by atoms with van der Waals surface area (Å²) in [4.78, 5) is 51.2. The van der Waals surface area contributed by atoms with E-state index < -0.39 is 40.7 Å². The Bertz CT molecular complexity index is 838. The highest BCUT2D eigenvalue weighted by Crippen LogP contribution is 2.67. The number of hydrogen-bond acceptors (Lipinski definition) is 6. The van der Waals surface area contributed by atoms with Crippen LogP contribution < -0.4 is 0 Å². The Labute approximate surface area is 170 Å². The lowest BCUT2D eigenvalue weighted by molar-refractivity contribution is -0.216. The van der Waals surface area contributed by atoms with Crippen molar-refractivity contribution in [3.05, 3.63) is 24.3 Å². The van der Waals surface area contributed by atoms with Crippen molar-refractivity contribution in [2.75, 3.05) is 6.61 Å². The molecule has 1 heterocycles. The predicted molar refractivity (Wildman–Crippen MR) is 103 cm³/mol. The fraction of sp³-hybridized carbons (Fsp3) is 0.652. The number of aldehydes is 1. The van der Waals surface area contributed by atoms with Crippen molar-refractivity contribution in [1.29, 1.82) is 0 Å². The summed E-state index contributed by atoms with van der Waals surface area (Å²) in [6, 6.07) is 0. The number of esters is 2. The summed E-state index contributed by atoms with van der Waals surface area (Å²) in [7, 11) is 0. The molecular formula is C23H28O6. The molecule has 0 aromatic heterocycles. The van der Waals surface area contributed by atoms with Crippen LogP contribution in [0.5, 0.6) is 0 Å². The van der Waals surface area contributed by atoms with Gasteiger partial charge in [-0.15, -0.1) is 0 Å². The van der Waals surface area contributed by atoms with Gasteiger partial charge in [-0.25, -0.2) is 0 Å². The molecule has 2 saturated carbocycles. The van der Waals surface area contributed by atoms with Crippen LogP contribution in [-0.4, -0.2) is 36.7 Å². The molecule has 0 aromatic rings. The highest BCUT2D eigenvalue weighted by Gasteiger charge is 2.76. The molecule has 2 bridgehead atoms. The number of ketones is 1. The van der Waals surface area contributed by atoms with Crippen molar-refractivity contribution in [3.8, 4) is 0 Å². The third-order valence-corrected chi connectivity index (χ3v) is 7.86. The summed E-state index contributed by atoms with van der Waals surface area (Å²) >= 11 is 0. The van der Waals surface area contributed by atoms with Gasteiger partial charge in [0.2, 0.25) is 0 Å². The molecule has 6 nitrogen and oxygen atoms in total. The maximum absolute atomic E-state index is 13.5. The van der Waals surface area contributed by atoms with Gasteiger partial charge < -0.3 is 14.3 Å². The zero-order chi connectivity index (χ0) is 21.2. The Kier molecular flexibility index (Phi) is 4.41. The number of ether oxygens (including phenoxy) is 2. The highest BCUT2D eigenvalue weighted by molar-refractivity contribution is 6.16. The van der Waals surface area contributed by atoms with Gasteiger partial charge in [0.05, 0.1) is 0 Å². The number of hydrogen-bond donors (Lipinski definition) is 0. The summed E-state index contributed by atoms with van der Waals surface area (Å²) in [5.41, 5.74) is -2.41. The van der Waals surface area contributed by atoms with Gasteiger partial charge in [0, 0.05) is 23.7 Å². The van der Waals surface area contributed by atoms with E-state index in [0.717, 1.165) is 12.7 Å². The van der Waals surface area contributed by atoms with Crippen LogP contribution in [0.4, 0.5) is 0 Å². The highest BCUT2D eigenvalue weighted by atomic mass is 16.6. The molecule has 0 N–H and O–H groups in total. The van der Waals surface area contributed by atoms with Gasteiger partial charge in [0.15, 0.2) is 11.2 Å². The molecule has 4 rings (SSSR count). The van der Waals surface area contributed by atoms with Crippen molar-refractivity contribution in [1.82, 2.24) is 0 Å². The molecule has 2 spiro atoms. The van der Waals surface area contributed by atoms with E-state index in [-0.39, 0.29) is 30.1 Å². The topological polar surface area (TPSA) is 86.7 Å². The normalized spacial score (nSPS) is 42.4. The zero-order valence-electron chi connectivity index (χ0n) is 17.2. The fourth-order valence-corrected chi connectivity index (χ4v) is 6.50. The predicted octanol–water partition coefficient (Wildman–Crippen LogP) is 2.80. The van der Waals surface area contributed by atoms with Crippen molar-refractivity contribution >= 4 is 24.0 Å². The largest absolute Gasteiger partial charge is 0.464 e. The first kappa shape index (κ1) is 20.0. The van der Waals surface area contributed by atoms with Gasteiger partial charge in [-0.05, 0) is 36.2 Å². The number of allylic oxidation sites excluding steroid dienone is 1. The number of fused-ring (bicyclic) bond motifs is 2. The third kappa shape index (κ3) is 2.34. The summed E-state index contributed by atoms with van der Waals surface area (Å²) in [6.45, 7) is 9.73. The second kappa shape index (κ2) is 6.38. The van der Waals surface area contributed by atoms with Gasteiger partial charge >= 0.3 is 11.9 Å². The maximum atomic E-state index is 13.5. The molecule has 29 heavy (non-hydrogen) atoms.